The highest BCUT2D eigenvalue weighted by molar-refractivity contribution is 6.34. The molecule has 0 atom stereocenters. The van der Waals surface area contributed by atoms with Crippen molar-refractivity contribution in [2.75, 3.05) is 16.8 Å². The van der Waals surface area contributed by atoms with Crippen molar-refractivity contribution >= 4 is 46.4 Å². The fourth-order valence-electron chi connectivity index (χ4n) is 2.43. The molecule has 0 heterocycles. The Labute approximate surface area is 155 Å². The summed E-state index contributed by atoms with van der Waals surface area (Å²) in [5.41, 5.74) is 2.63. The summed E-state index contributed by atoms with van der Waals surface area (Å²) in [5.74, 6) is -1.39. The number of nitrogens with one attached hydrogen (secondary N) is 1. The van der Waals surface area contributed by atoms with Crippen molar-refractivity contribution in [3.8, 4) is 0 Å². The van der Waals surface area contributed by atoms with Gasteiger partial charge in [0.2, 0.25) is 11.8 Å². The molecule has 2 amide bonds. The van der Waals surface area contributed by atoms with Crippen LogP contribution in [-0.2, 0) is 9.59 Å². The Morgan fingerprint density at radius 1 is 1.12 bits per heavy atom. The van der Waals surface area contributed by atoms with Crippen LogP contribution in [-0.4, -0.2) is 18.4 Å². The lowest BCUT2D eigenvalue weighted by molar-refractivity contribution is -0.120. The molecule has 0 aliphatic heterocycles. The molecule has 25 heavy (non-hydrogen) atoms. The minimum atomic E-state index is -0.597. The fraction of sp³-hybridized carbons (Fsp3) is 0.222. The van der Waals surface area contributed by atoms with Gasteiger partial charge in [-0.25, -0.2) is 4.39 Å². The van der Waals surface area contributed by atoms with E-state index in [0.29, 0.717) is 16.4 Å². The molecule has 0 spiro atoms. The minimum Gasteiger partial charge on any atom is -0.323 e. The van der Waals surface area contributed by atoms with Gasteiger partial charge in [0, 0.05) is 12.6 Å². The summed E-state index contributed by atoms with van der Waals surface area (Å²) in [6.07, 6.45) is 0. The molecule has 132 valence electrons. The Kier molecular flexibility index (Phi) is 6.03. The quantitative estimate of drug-likeness (QED) is 0.829. The second-order valence-corrected chi connectivity index (χ2v) is 6.50. The molecule has 2 aromatic rings. The molecule has 0 aliphatic rings. The van der Waals surface area contributed by atoms with E-state index in [1.807, 2.05) is 19.9 Å². The largest absolute Gasteiger partial charge is 0.323 e. The van der Waals surface area contributed by atoms with Crippen LogP contribution in [0.5, 0.6) is 0 Å². The highest BCUT2D eigenvalue weighted by Gasteiger charge is 2.18. The summed E-state index contributed by atoms with van der Waals surface area (Å²) in [7, 11) is 0. The average molecular weight is 383 g/mol. The van der Waals surface area contributed by atoms with E-state index in [2.05, 4.69) is 5.32 Å². The van der Waals surface area contributed by atoms with Crippen molar-refractivity contribution in [2.45, 2.75) is 20.8 Å². The third-order valence-electron chi connectivity index (χ3n) is 3.59. The molecule has 0 aromatic heterocycles. The number of hydrogen-bond donors (Lipinski definition) is 1. The van der Waals surface area contributed by atoms with Crippen LogP contribution in [0.25, 0.3) is 0 Å². The van der Waals surface area contributed by atoms with Gasteiger partial charge >= 0.3 is 0 Å². The highest BCUT2D eigenvalue weighted by atomic mass is 35.5. The number of benzene rings is 2. The van der Waals surface area contributed by atoms with Gasteiger partial charge in [-0.05, 0) is 49.2 Å². The van der Waals surface area contributed by atoms with E-state index in [4.69, 9.17) is 23.2 Å². The summed E-state index contributed by atoms with van der Waals surface area (Å²) in [4.78, 5) is 25.5. The molecule has 2 aromatic carbocycles. The van der Waals surface area contributed by atoms with Crippen molar-refractivity contribution in [1.82, 2.24) is 0 Å². The number of carbonyl (C=O) groups excluding carboxylic acids is 2. The molecule has 1 N–H and O–H groups in total. The normalized spacial score (nSPS) is 10.5. The van der Waals surface area contributed by atoms with Crippen molar-refractivity contribution in [1.29, 1.82) is 0 Å². The number of nitrogens with zero attached hydrogens (tertiary/aromatic N) is 1. The lowest BCUT2D eigenvalue weighted by Gasteiger charge is -2.21. The van der Waals surface area contributed by atoms with Crippen molar-refractivity contribution in [2.24, 2.45) is 0 Å². The van der Waals surface area contributed by atoms with Crippen LogP contribution in [0.1, 0.15) is 18.1 Å². The first-order valence-corrected chi connectivity index (χ1v) is 8.24. The van der Waals surface area contributed by atoms with Gasteiger partial charge in [-0.2, -0.15) is 0 Å². The summed E-state index contributed by atoms with van der Waals surface area (Å²) in [6.45, 7) is 4.80. The number of aryl methyl sites for hydroxylation is 2. The summed E-state index contributed by atoms with van der Waals surface area (Å²) >= 11 is 11.9. The first-order valence-electron chi connectivity index (χ1n) is 7.48. The van der Waals surface area contributed by atoms with Crippen LogP contribution < -0.4 is 10.2 Å². The van der Waals surface area contributed by atoms with Gasteiger partial charge < -0.3 is 10.2 Å². The molecule has 4 nitrogen and oxygen atoms in total. The lowest BCUT2D eigenvalue weighted by atomic mass is 10.1. The smallest absolute Gasteiger partial charge is 0.244 e. The van der Waals surface area contributed by atoms with E-state index in [-0.39, 0.29) is 17.5 Å². The molecular weight excluding hydrogens is 366 g/mol. The maximum atomic E-state index is 13.3. The molecule has 2 rings (SSSR count). The van der Waals surface area contributed by atoms with E-state index in [1.54, 1.807) is 6.07 Å². The van der Waals surface area contributed by atoms with Gasteiger partial charge in [0.25, 0.3) is 0 Å². The number of hydrogen-bond acceptors (Lipinski definition) is 2. The fourth-order valence-corrected chi connectivity index (χ4v) is 2.98. The molecule has 0 saturated carbocycles. The standard InChI is InChI=1S/C18H17Cl2FN2O2/c1-10-6-11(2)18(15(20)7-10)22-17(25)9-23(12(3)24)13-4-5-16(21)14(19)8-13/h4-8H,9H2,1-3H3,(H,22,25). The zero-order valence-electron chi connectivity index (χ0n) is 14.0. The van der Waals surface area contributed by atoms with E-state index in [9.17, 15) is 14.0 Å². The maximum absolute atomic E-state index is 13.3. The Bertz CT molecular complexity index is 817. The third-order valence-corrected chi connectivity index (χ3v) is 4.18. The zero-order chi connectivity index (χ0) is 18.7. The van der Waals surface area contributed by atoms with Gasteiger partial charge in [0.15, 0.2) is 0 Å². The molecule has 0 aliphatic carbocycles. The topological polar surface area (TPSA) is 49.4 Å². The maximum Gasteiger partial charge on any atom is 0.244 e. The van der Waals surface area contributed by atoms with Crippen LogP contribution in [0.15, 0.2) is 30.3 Å². The second-order valence-electron chi connectivity index (χ2n) is 5.69. The van der Waals surface area contributed by atoms with Gasteiger partial charge in [-0.15, -0.1) is 0 Å². The van der Waals surface area contributed by atoms with Crippen LogP contribution in [0.2, 0.25) is 10.0 Å². The summed E-state index contributed by atoms with van der Waals surface area (Å²) < 4.78 is 13.3. The number of amides is 2. The number of anilines is 2. The Balaban J connectivity index is 2.21. The SMILES string of the molecule is CC(=O)N(CC(=O)Nc1c(C)cc(C)cc1Cl)c1ccc(F)c(Cl)c1. The van der Waals surface area contributed by atoms with E-state index in [0.717, 1.165) is 17.2 Å². The lowest BCUT2D eigenvalue weighted by Crippen LogP contribution is -2.36. The average Bonchev–Trinajstić information content (AvgIpc) is 2.51. The van der Waals surface area contributed by atoms with Gasteiger partial charge in [-0.1, -0.05) is 29.3 Å². The van der Waals surface area contributed by atoms with Crippen LogP contribution in [0, 0.1) is 19.7 Å². The molecular formula is C18H17Cl2FN2O2. The van der Waals surface area contributed by atoms with Crippen molar-refractivity contribution in [3.05, 3.63) is 57.3 Å². The Hall–Kier alpha value is -2.11. The van der Waals surface area contributed by atoms with E-state index in [1.165, 1.54) is 24.0 Å². The number of rotatable bonds is 4. The molecule has 0 bridgehead atoms. The monoisotopic (exact) mass is 382 g/mol. The number of carbonyl (C=O) groups is 2. The zero-order valence-corrected chi connectivity index (χ0v) is 15.5. The Morgan fingerprint density at radius 3 is 2.36 bits per heavy atom. The first-order chi connectivity index (χ1) is 11.7. The predicted molar refractivity (Wildman–Crippen MR) is 99.0 cm³/mol. The van der Waals surface area contributed by atoms with Crippen LogP contribution >= 0.6 is 23.2 Å². The van der Waals surface area contributed by atoms with Gasteiger partial charge in [-0.3, -0.25) is 9.59 Å². The minimum absolute atomic E-state index is 0.124. The highest BCUT2D eigenvalue weighted by Crippen LogP contribution is 2.28. The Morgan fingerprint density at radius 2 is 1.80 bits per heavy atom. The predicted octanol–water partition coefficient (Wildman–Crippen LogP) is 4.74. The van der Waals surface area contributed by atoms with E-state index >= 15 is 0 Å². The first kappa shape index (κ1) is 19.2. The van der Waals surface area contributed by atoms with E-state index < -0.39 is 11.7 Å². The van der Waals surface area contributed by atoms with Crippen LogP contribution in [0.4, 0.5) is 15.8 Å². The van der Waals surface area contributed by atoms with Gasteiger partial charge in [0.1, 0.15) is 12.4 Å². The van der Waals surface area contributed by atoms with Crippen molar-refractivity contribution < 1.29 is 14.0 Å². The molecule has 7 heteroatoms. The van der Waals surface area contributed by atoms with Crippen LogP contribution in [0.3, 0.4) is 0 Å². The summed E-state index contributed by atoms with van der Waals surface area (Å²) in [5, 5.41) is 3.01. The molecule has 0 saturated heterocycles. The summed E-state index contributed by atoms with van der Waals surface area (Å²) in [6, 6.07) is 7.47. The molecule has 0 unspecified atom stereocenters. The van der Waals surface area contributed by atoms with Gasteiger partial charge in [0.05, 0.1) is 15.7 Å². The molecule has 0 fully saturated rings. The third kappa shape index (κ3) is 4.71. The molecule has 0 radical (unpaired) electrons. The number of halogens is 3. The van der Waals surface area contributed by atoms with Crippen molar-refractivity contribution in [3.63, 3.8) is 0 Å². The second kappa shape index (κ2) is 7.85.